The predicted octanol–water partition coefficient (Wildman–Crippen LogP) is 0.274. The fourth-order valence-corrected chi connectivity index (χ4v) is 4.35. The number of rotatable bonds is 10. The molecular formula is C26H43N5O5. The average Bonchev–Trinajstić information content (AvgIpc) is 3.05. The molecule has 4 heterocycles. The highest BCUT2D eigenvalue weighted by molar-refractivity contribution is 6.21. The van der Waals surface area contributed by atoms with Crippen molar-refractivity contribution < 1.29 is 23.8 Å². The Morgan fingerprint density at radius 1 is 0.778 bits per heavy atom. The molecule has 4 aliphatic rings. The van der Waals surface area contributed by atoms with Gasteiger partial charge in [0.05, 0.1) is 29.4 Å². The van der Waals surface area contributed by atoms with Crippen LogP contribution in [0.25, 0.3) is 0 Å². The third kappa shape index (κ3) is 7.79. The van der Waals surface area contributed by atoms with Crippen LogP contribution in [0.2, 0.25) is 0 Å². The lowest BCUT2D eigenvalue weighted by molar-refractivity contribution is -0.0300. The van der Waals surface area contributed by atoms with Gasteiger partial charge in [0.1, 0.15) is 0 Å². The highest BCUT2D eigenvalue weighted by atomic mass is 16.5. The second kappa shape index (κ2) is 14.7. The monoisotopic (exact) mass is 505 g/mol. The molecule has 0 radical (unpaired) electrons. The number of carbonyl (C=O) groups is 2. The maximum Gasteiger partial charge on any atom is 0.261 e. The molecule has 0 atom stereocenters. The van der Waals surface area contributed by atoms with Gasteiger partial charge >= 0.3 is 0 Å². The maximum absolute atomic E-state index is 12.1. The molecular weight excluding hydrogens is 462 g/mol. The van der Waals surface area contributed by atoms with Gasteiger partial charge in [0.15, 0.2) is 0 Å². The number of hydrogen-bond acceptors (Lipinski definition) is 9. The van der Waals surface area contributed by atoms with Crippen LogP contribution in [0.4, 0.5) is 0 Å². The summed E-state index contributed by atoms with van der Waals surface area (Å²) < 4.78 is 15.3. The fraction of sp³-hybridized carbons (Fsp3) is 0.692. The number of methoxy groups -OCH3 is 3. The van der Waals surface area contributed by atoms with Crippen LogP contribution in [0.3, 0.4) is 0 Å². The lowest BCUT2D eigenvalue weighted by Gasteiger charge is -2.38. The lowest BCUT2D eigenvalue weighted by Crippen LogP contribution is -2.52. The van der Waals surface area contributed by atoms with Crippen LogP contribution in [-0.2, 0) is 14.2 Å². The molecule has 0 aromatic heterocycles. The Labute approximate surface area is 215 Å². The standard InChI is InChI=1S/C15H18N2O3.C7H16N2O.C4H9NO/c1-20-11-9-16(10-11)7-4-8-17-14(18)12-5-2-3-6-13(12)15(17)19;1-10-7-5-9(6-7)4-2-3-8;1-6-4-2-5-3-4/h2-3,5-6,11H,4,7-10H2,1H3;7H,2-6,8H2,1H3;4-5H,2-3H2,1H3. The summed E-state index contributed by atoms with van der Waals surface area (Å²) in [5.74, 6) is -0.326. The molecule has 3 saturated heterocycles. The number of fused-ring (bicyclic) bond motifs is 1. The van der Waals surface area contributed by atoms with Crippen molar-refractivity contribution in [3.8, 4) is 0 Å². The van der Waals surface area contributed by atoms with Crippen LogP contribution in [-0.4, -0.2) is 132 Å². The van der Waals surface area contributed by atoms with Gasteiger partial charge in [-0.1, -0.05) is 12.1 Å². The molecule has 3 N–H and O–H groups in total. The number of amides is 2. The number of imide groups is 1. The Bertz CT molecular complexity index is 784. The van der Waals surface area contributed by atoms with Crippen LogP contribution >= 0.6 is 0 Å². The number of benzene rings is 1. The van der Waals surface area contributed by atoms with Gasteiger partial charge in [-0.05, 0) is 38.1 Å². The molecule has 1 aromatic carbocycles. The molecule has 0 spiro atoms. The van der Waals surface area contributed by atoms with E-state index in [4.69, 9.17) is 19.9 Å². The molecule has 202 valence electrons. The zero-order valence-corrected chi connectivity index (χ0v) is 22.0. The Morgan fingerprint density at radius 3 is 1.61 bits per heavy atom. The minimum atomic E-state index is -0.163. The SMILES string of the molecule is COC1CN(CCCN)C1.COC1CN(CCCN2C(=O)c3ccccc3C2=O)C1.COC1CNC1. The highest BCUT2D eigenvalue weighted by Crippen LogP contribution is 2.22. The number of likely N-dealkylation sites (tertiary alicyclic amines) is 2. The van der Waals surface area contributed by atoms with Crippen molar-refractivity contribution >= 4 is 11.8 Å². The van der Waals surface area contributed by atoms with Crippen molar-refractivity contribution in [3.05, 3.63) is 35.4 Å². The zero-order chi connectivity index (χ0) is 25.9. The summed E-state index contributed by atoms with van der Waals surface area (Å²) in [5.41, 5.74) is 6.42. The molecule has 0 saturated carbocycles. The van der Waals surface area contributed by atoms with E-state index >= 15 is 0 Å². The van der Waals surface area contributed by atoms with Crippen molar-refractivity contribution in [3.63, 3.8) is 0 Å². The van der Waals surface area contributed by atoms with Crippen LogP contribution < -0.4 is 11.1 Å². The number of carbonyl (C=O) groups excluding carboxylic acids is 2. The molecule has 10 nitrogen and oxygen atoms in total. The summed E-state index contributed by atoms with van der Waals surface area (Å²) in [6.07, 6.45) is 3.25. The van der Waals surface area contributed by atoms with Gasteiger partial charge in [-0.3, -0.25) is 24.3 Å². The molecule has 0 bridgehead atoms. The third-order valence-corrected chi connectivity index (χ3v) is 7.00. The van der Waals surface area contributed by atoms with Gasteiger partial charge in [-0.2, -0.15) is 0 Å². The van der Waals surface area contributed by atoms with Gasteiger partial charge in [0, 0.05) is 73.7 Å². The van der Waals surface area contributed by atoms with Crippen LogP contribution in [0.15, 0.2) is 24.3 Å². The normalized spacial score (nSPS) is 20.5. The van der Waals surface area contributed by atoms with E-state index in [1.165, 1.54) is 4.90 Å². The minimum Gasteiger partial charge on any atom is -0.379 e. The minimum absolute atomic E-state index is 0.163. The number of nitrogens with one attached hydrogen (secondary N) is 1. The summed E-state index contributed by atoms with van der Waals surface area (Å²) >= 11 is 0. The first kappa shape index (κ1) is 28.6. The van der Waals surface area contributed by atoms with Gasteiger partial charge < -0.3 is 25.3 Å². The zero-order valence-electron chi connectivity index (χ0n) is 22.0. The average molecular weight is 506 g/mol. The van der Waals surface area contributed by atoms with E-state index in [1.54, 1.807) is 45.6 Å². The highest BCUT2D eigenvalue weighted by Gasteiger charge is 2.35. The largest absolute Gasteiger partial charge is 0.379 e. The maximum atomic E-state index is 12.1. The number of hydrogen-bond donors (Lipinski definition) is 2. The first-order valence-corrected chi connectivity index (χ1v) is 12.9. The predicted molar refractivity (Wildman–Crippen MR) is 138 cm³/mol. The van der Waals surface area contributed by atoms with Crippen molar-refractivity contribution in [1.29, 1.82) is 0 Å². The number of nitrogens with two attached hydrogens (primary N) is 1. The second-order valence-electron chi connectivity index (χ2n) is 9.55. The molecule has 36 heavy (non-hydrogen) atoms. The van der Waals surface area contributed by atoms with Crippen molar-refractivity contribution in [2.75, 3.05) is 86.8 Å². The van der Waals surface area contributed by atoms with Gasteiger partial charge in [0.2, 0.25) is 0 Å². The first-order valence-electron chi connectivity index (χ1n) is 12.9. The summed E-state index contributed by atoms with van der Waals surface area (Å²) in [5, 5.41) is 3.09. The molecule has 3 fully saturated rings. The first-order chi connectivity index (χ1) is 17.5. The second-order valence-corrected chi connectivity index (χ2v) is 9.55. The van der Waals surface area contributed by atoms with E-state index < -0.39 is 0 Å². The Kier molecular flexibility index (Phi) is 11.7. The Morgan fingerprint density at radius 2 is 1.25 bits per heavy atom. The lowest BCUT2D eigenvalue weighted by atomic mass is 10.1. The smallest absolute Gasteiger partial charge is 0.261 e. The number of ether oxygens (including phenoxy) is 3. The Hall–Kier alpha value is -1.92. The molecule has 1 aromatic rings. The fourth-order valence-electron chi connectivity index (χ4n) is 4.35. The molecule has 4 aliphatic heterocycles. The van der Waals surface area contributed by atoms with Crippen LogP contribution in [0.5, 0.6) is 0 Å². The summed E-state index contributed by atoms with van der Waals surface area (Å²) in [6.45, 7) is 9.47. The molecule has 10 heteroatoms. The van der Waals surface area contributed by atoms with E-state index in [0.29, 0.717) is 36.0 Å². The van der Waals surface area contributed by atoms with Gasteiger partial charge in [-0.25, -0.2) is 0 Å². The van der Waals surface area contributed by atoms with Crippen LogP contribution in [0, 0.1) is 0 Å². The van der Waals surface area contributed by atoms with Crippen molar-refractivity contribution in [2.45, 2.75) is 31.2 Å². The van der Waals surface area contributed by atoms with Crippen molar-refractivity contribution in [1.82, 2.24) is 20.0 Å². The third-order valence-electron chi connectivity index (χ3n) is 7.00. The molecule has 0 aliphatic carbocycles. The van der Waals surface area contributed by atoms with E-state index in [-0.39, 0.29) is 11.8 Å². The summed E-state index contributed by atoms with van der Waals surface area (Å²) in [4.78, 5) is 30.3. The summed E-state index contributed by atoms with van der Waals surface area (Å²) in [7, 11) is 5.23. The van der Waals surface area contributed by atoms with Crippen molar-refractivity contribution in [2.24, 2.45) is 5.73 Å². The van der Waals surface area contributed by atoms with Crippen LogP contribution in [0.1, 0.15) is 33.6 Å². The molecule has 0 unspecified atom stereocenters. The van der Waals surface area contributed by atoms with Gasteiger partial charge in [-0.15, -0.1) is 0 Å². The van der Waals surface area contributed by atoms with Gasteiger partial charge in [0.25, 0.3) is 11.8 Å². The van der Waals surface area contributed by atoms with E-state index in [9.17, 15) is 9.59 Å². The molecule has 5 rings (SSSR count). The molecule has 2 amide bonds. The topological polar surface area (TPSA) is 110 Å². The summed E-state index contributed by atoms with van der Waals surface area (Å²) in [6, 6.07) is 7.01. The van der Waals surface area contributed by atoms with E-state index in [1.807, 2.05) is 0 Å². The number of nitrogens with zero attached hydrogens (tertiary/aromatic N) is 3. The Balaban J connectivity index is 0.000000186. The van der Waals surface area contributed by atoms with E-state index in [0.717, 1.165) is 71.7 Å². The quantitative estimate of drug-likeness (QED) is 0.433. The van der Waals surface area contributed by atoms with E-state index in [2.05, 4.69) is 15.1 Å².